The van der Waals surface area contributed by atoms with Crippen molar-refractivity contribution in [2.24, 2.45) is 0 Å². The Kier molecular flexibility index (Phi) is 11.4. The molecule has 0 radical (unpaired) electrons. The van der Waals surface area contributed by atoms with Gasteiger partial charge in [-0.15, -0.1) is 0 Å². The van der Waals surface area contributed by atoms with Gasteiger partial charge in [-0.05, 0) is 0 Å². The Balaban J connectivity index is -0.000000125. The molecule has 0 aliphatic carbocycles. The molecule has 8 heavy (non-hydrogen) atoms. The van der Waals surface area contributed by atoms with Gasteiger partial charge in [0.05, 0.1) is 0 Å². The Morgan fingerprint density at radius 2 is 1.38 bits per heavy atom. The van der Waals surface area contributed by atoms with E-state index in [9.17, 15) is 0 Å². The van der Waals surface area contributed by atoms with Gasteiger partial charge in [0.2, 0.25) is 0 Å². The van der Waals surface area contributed by atoms with E-state index < -0.39 is 8.07 Å². The minimum Gasteiger partial charge on any atom is -0.522 e. The van der Waals surface area contributed by atoms with Crippen LogP contribution in [0.15, 0.2) is 5.70 Å². The van der Waals surface area contributed by atoms with E-state index in [2.05, 4.69) is 19.6 Å². The summed E-state index contributed by atoms with van der Waals surface area (Å²) in [6.07, 6.45) is 0. The van der Waals surface area contributed by atoms with E-state index in [0.29, 0.717) is 0 Å². The summed E-state index contributed by atoms with van der Waals surface area (Å²) in [4.78, 5) is 0. The van der Waals surface area contributed by atoms with E-state index in [1.807, 2.05) is 5.70 Å². The summed E-state index contributed by atoms with van der Waals surface area (Å²) in [6, 6.07) is 0. The normalized spacial score (nSPS) is 8.38. The molecule has 0 aromatic carbocycles. The first-order valence-corrected chi connectivity index (χ1v) is 5.70. The largest absolute Gasteiger partial charge is 2.00 e. The van der Waals surface area contributed by atoms with E-state index >= 15 is 0 Å². The first-order valence-electron chi connectivity index (χ1n) is 2.12. The summed E-state index contributed by atoms with van der Waals surface area (Å²) in [7, 11) is -0.978. The van der Waals surface area contributed by atoms with Crippen LogP contribution in [-0.4, -0.2) is 8.07 Å². The predicted molar refractivity (Wildman–Crippen MR) is 38.6 cm³/mol. The molecule has 0 saturated carbocycles. The monoisotopic (exact) mass is 298 g/mol. The molecule has 0 unspecified atom stereocenters. The van der Waals surface area contributed by atoms with Crippen molar-refractivity contribution in [2.45, 2.75) is 19.6 Å². The zero-order valence-electron chi connectivity index (χ0n) is 6.06. The van der Waals surface area contributed by atoms with Crippen molar-refractivity contribution in [3.8, 4) is 0 Å². The predicted octanol–water partition coefficient (Wildman–Crippen LogP) is 2.30. The van der Waals surface area contributed by atoms with Gasteiger partial charge in [0.1, 0.15) is 0 Å². The fourth-order valence-electron chi connectivity index (χ4n) is 0. The molecule has 0 aliphatic heterocycles. The Labute approximate surface area is 68.6 Å². The van der Waals surface area contributed by atoms with E-state index in [4.69, 9.17) is 6.58 Å². The van der Waals surface area contributed by atoms with Crippen molar-refractivity contribution in [1.82, 2.24) is 0 Å². The molecule has 0 fully saturated rings. The molecule has 0 heterocycles. The van der Waals surface area contributed by atoms with Crippen molar-refractivity contribution < 1.29 is 21.1 Å². The van der Waals surface area contributed by atoms with Crippen LogP contribution in [0.25, 0.3) is 0 Å². The maximum Gasteiger partial charge on any atom is 2.00 e. The summed E-state index contributed by atoms with van der Waals surface area (Å²) >= 11 is 0. The Morgan fingerprint density at radius 1 is 1.25 bits per heavy atom. The van der Waals surface area contributed by atoms with Crippen LogP contribution in [-0.2, 0) is 21.1 Å². The molecule has 0 aromatic rings. The van der Waals surface area contributed by atoms with Crippen molar-refractivity contribution in [3.05, 3.63) is 19.7 Å². The van der Waals surface area contributed by atoms with Gasteiger partial charge in [-0.25, -0.2) is 0 Å². The van der Waals surface area contributed by atoms with Gasteiger partial charge in [0, 0.05) is 8.07 Å². The summed E-state index contributed by atoms with van der Waals surface area (Å²) in [5, 5.41) is 0. The second kappa shape index (κ2) is 5.78. The second-order valence-corrected chi connectivity index (χ2v) is 7.60. The summed E-state index contributed by atoms with van der Waals surface area (Å²) in [6.45, 7) is 11.8. The van der Waals surface area contributed by atoms with E-state index in [1.165, 1.54) is 0 Å². The van der Waals surface area contributed by atoms with E-state index in [-0.39, 0.29) is 28.5 Å². The minimum absolute atomic E-state index is 0. The fraction of sp³-hybridized carbons (Fsp3) is 0.500. The van der Waals surface area contributed by atoms with Crippen LogP contribution in [0.3, 0.4) is 0 Å². The average molecular weight is 298 g/mol. The average Bonchev–Trinajstić information content (AvgIpc) is 1.35. The van der Waals surface area contributed by atoms with E-state index in [0.717, 1.165) is 0 Å². The van der Waals surface area contributed by atoms with Crippen molar-refractivity contribution in [3.63, 3.8) is 0 Å². The van der Waals surface area contributed by atoms with Crippen LogP contribution in [0.5, 0.6) is 0 Å². The molecule has 0 saturated heterocycles. The van der Waals surface area contributed by atoms with Gasteiger partial charge in [-0.2, -0.15) is 0 Å². The standard InChI is InChI=1S/C5H11Si.CH3.W/c1-5-6(2,3)4;;/h1,5H,2-4H3;1H3;/q2*-1;+2. The zero-order valence-corrected chi connectivity index (χ0v) is 10.00. The van der Waals surface area contributed by atoms with Crippen molar-refractivity contribution in [2.75, 3.05) is 0 Å². The maximum atomic E-state index is 5.24. The van der Waals surface area contributed by atoms with Crippen LogP contribution in [0.1, 0.15) is 0 Å². The third-order valence-electron chi connectivity index (χ3n) is 0.500. The van der Waals surface area contributed by atoms with Crippen LogP contribution >= 0.6 is 0 Å². The number of rotatable bonds is 1. The van der Waals surface area contributed by atoms with Gasteiger partial charge in [-0.3, -0.25) is 5.70 Å². The molecular weight excluding hydrogens is 284 g/mol. The molecule has 2 heteroatoms. The molecular formula is C6H14SiW. The van der Waals surface area contributed by atoms with Crippen LogP contribution in [0, 0.1) is 14.0 Å². The minimum atomic E-state index is -0.978. The molecule has 0 N–H and O–H groups in total. The molecule has 48 valence electrons. The molecule has 0 aliphatic rings. The Morgan fingerprint density at radius 3 is 1.38 bits per heavy atom. The Bertz CT molecular complexity index is 54.0. The van der Waals surface area contributed by atoms with Crippen LogP contribution in [0.2, 0.25) is 19.6 Å². The van der Waals surface area contributed by atoms with Crippen LogP contribution in [0.4, 0.5) is 0 Å². The SMILES string of the molecule is [CH-]=C[Si](C)(C)C.[CH3-].[W+2]. The van der Waals surface area contributed by atoms with Crippen molar-refractivity contribution >= 4 is 8.07 Å². The molecule has 0 aromatic heterocycles. The topological polar surface area (TPSA) is 0 Å². The maximum absolute atomic E-state index is 5.24. The fourth-order valence-corrected chi connectivity index (χ4v) is 0. The quantitative estimate of drug-likeness (QED) is 0.515. The summed E-state index contributed by atoms with van der Waals surface area (Å²) in [5.41, 5.74) is 1.83. The second-order valence-electron chi connectivity index (χ2n) is 2.53. The van der Waals surface area contributed by atoms with Gasteiger partial charge in [0.15, 0.2) is 0 Å². The van der Waals surface area contributed by atoms with Gasteiger partial charge in [-0.1, -0.05) is 19.6 Å². The molecule has 0 bridgehead atoms. The molecule has 0 spiro atoms. The zero-order chi connectivity index (χ0) is 5.21. The van der Waals surface area contributed by atoms with Crippen molar-refractivity contribution in [1.29, 1.82) is 0 Å². The van der Waals surface area contributed by atoms with Gasteiger partial charge in [0.25, 0.3) is 0 Å². The molecule has 0 amide bonds. The molecule has 0 atom stereocenters. The number of hydrogen-bond acceptors (Lipinski definition) is 0. The smallest absolute Gasteiger partial charge is 0.522 e. The Hall–Kier alpha value is 0.645. The third-order valence-corrected chi connectivity index (χ3v) is 1.50. The summed E-state index contributed by atoms with van der Waals surface area (Å²) in [5.74, 6) is 0. The van der Waals surface area contributed by atoms with E-state index in [1.54, 1.807) is 0 Å². The first kappa shape index (κ1) is 15.9. The third kappa shape index (κ3) is 15.9. The van der Waals surface area contributed by atoms with Gasteiger partial charge >= 0.3 is 21.1 Å². The summed E-state index contributed by atoms with van der Waals surface area (Å²) < 4.78 is 0. The number of hydrogen-bond donors (Lipinski definition) is 0. The molecule has 0 rings (SSSR count). The van der Waals surface area contributed by atoms with Crippen LogP contribution < -0.4 is 0 Å². The van der Waals surface area contributed by atoms with Gasteiger partial charge < -0.3 is 14.0 Å². The molecule has 0 nitrogen and oxygen atoms in total. The first-order chi connectivity index (χ1) is 2.56.